The molecule has 0 bridgehead atoms. The molecular formula is C24H21N7O2. The van der Waals surface area contributed by atoms with Gasteiger partial charge in [-0.1, -0.05) is 12.1 Å². The lowest BCUT2D eigenvalue weighted by atomic mass is 9.57. The summed E-state index contributed by atoms with van der Waals surface area (Å²) in [6.45, 7) is 0. The third-order valence-corrected chi connectivity index (χ3v) is 6.38. The highest BCUT2D eigenvalue weighted by atomic mass is 16.1. The molecule has 1 fully saturated rings. The largest absolute Gasteiger partial charge is 0.322 e. The number of hydrogen-bond donors (Lipinski definition) is 1. The number of rotatable bonds is 6. The van der Waals surface area contributed by atoms with Crippen molar-refractivity contribution in [2.75, 3.05) is 5.32 Å². The second kappa shape index (κ2) is 7.98. The van der Waals surface area contributed by atoms with E-state index >= 15 is 0 Å². The minimum Gasteiger partial charge on any atom is -0.322 e. The minimum atomic E-state index is -0.349. The van der Waals surface area contributed by atoms with Crippen LogP contribution in [0.15, 0.2) is 55.2 Å². The molecule has 9 heteroatoms. The van der Waals surface area contributed by atoms with Crippen molar-refractivity contribution >= 4 is 23.5 Å². The van der Waals surface area contributed by atoms with Crippen LogP contribution >= 0.6 is 0 Å². The SMILES string of the molecule is Cn1cnnc1CC1(c2cccc(NC(=O)c3cc(C=O)cn4ccnc34)c2)CC(C#N)C1. The summed E-state index contributed by atoms with van der Waals surface area (Å²) < 4.78 is 3.55. The van der Waals surface area contributed by atoms with E-state index in [1.807, 2.05) is 35.9 Å². The molecule has 0 saturated heterocycles. The number of benzene rings is 1. The van der Waals surface area contributed by atoms with E-state index in [0.717, 1.165) is 24.2 Å². The van der Waals surface area contributed by atoms with Crippen LogP contribution in [0.25, 0.3) is 5.65 Å². The maximum atomic E-state index is 13.1. The Morgan fingerprint density at radius 3 is 2.94 bits per heavy atom. The van der Waals surface area contributed by atoms with Crippen LogP contribution in [0.1, 0.15) is 44.9 Å². The second-order valence-corrected chi connectivity index (χ2v) is 8.55. The first-order chi connectivity index (χ1) is 16.0. The van der Waals surface area contributed by atoms with Crippen LogP contribution in [0, 0.1) is 17.2 Å². The number of aryl methyl sites for hydroxylation is 1. The minimum absolute atomic E-state index is 0.00344. The molecule has 4 aromatic rings. The molecule has 1 aromatic carbocycles. The first-order valence-corrected chi connectivity index (χ1v) is 10.6. The normalized spacial score (nSPS) is 19.6. The Morgan fingerprint density at radius 1 is 1.36 bits per heavy atom. The molecule has 1 saturated carbocycles. The van der Waals surface area contributed by atoms with Crippen LogP contribution in [-0.4, -0.2) is 36.3 Å². The molecule has 0 radical (unpaired) electrons. The van der Waals surface area contributed by atoms with Gasteiger partial charge in [0.05, 0.1) is 11.6 Å². The van der Waals surface area contributed by atoms with Crippen molar-refractivity contribution in [1.82, 2.24) is 24.1 Å². The maximum absolute atomic E-state index is 13.1. The highest BCUT2D eigenvalue weighted by molar-refractivity contribution is 6.09. The number of aldehydes is 1. The lowest BCUT2D eigenvalue weighted by Crippen LogP contribution is -2.43. The Balaban J connectivity index is 1.45. The number of carbonyl (C=O) groups is 2. The molecule has 0 unspecified atom stereocenters. The number of hydrogen-bond acceptors (Lipinski definition) is 6. The number of nitriles is 1. The quantitative estimate of drug-likeness (QED) is 0.462. The summed E-state index contributed by atoms with van der Waals surface area (Å²) in [5, 5.41) is 20.5. The van der Waals surface area contributed by atoms with Crippen molar-refractivity contribution in [3.05, 3.63) is 77.8 Å². The number of anilines is 1. The molecule has 1 amide bonds. The van der Waals surface area contributed by atoms with Crippen molar-refractivity contribution in [2.45, 2.75) is 24.7 Å². The number of nitrogens with zero attached hydrogens (tertiary/aromatic N) is 6. The first-order valence-electron chi connectivity index (χ1n) is 10.6. The molecule has 0 spiro atoms. The smallest absolute Gasteiger partial charge is 0.259 e. The Morgan fingerprint density at radius 2 is 2.21 bits per heavy atom. The fraction of sp³-hybridized carbons (Fsp3) is 0.250. The zero-order valence-electron chi connectivity index (χ0n) is 18.0. The molecule has 0 aliphatic heterocycles. The highest BCUT2D eigenvalue weighted by Crippen LogP contribution is 2.50. The fourth-order valence-electron chi connectivity index (χ4n) is 4.64. The van der Waals surface area contributed by atoms with Crippen LogP contribution < -0.4 is 5.32 Å². The van der Waals surface area contributed by atoms with Crippen LogP contribution in [0.3, 0.4) is 0 Å². The topological polar surface area (TPSA) is 118 Å². The molecule has 5 rings (SSSR count). The van der Waals surface area contributed by atoms with E-state index in [2.05, 4.69) is 26.6 Å². The number of amides is 1. The van der Waals surface area contributed by atoms with Gasteiger partial charge in [0.15, 0.2) is 6.29 Å². The monoisotopic (exact) mass is 439 g/mol. The highest BCUT2D eigenvalue weighted by Gasteiger charge is 2.46. The molecule has 3 heterocycles. The van der Waals surface area contributed by atoms with Gasteiger partial charge in [-0.05, 0) is 36.6 Å². The molecule has 1 aliphatic rings. The number of fused-ring (bicyclic) bond motifs is 1. The van der Waals surface area contributed by atoms with Gasteiger partial charge in [-0.3, -0.25) is 9.59 Å². The average molecular weight is 439 g/mol. The van der Waals surface area contributed by atoms with Gasteiger partial charge in [-0.15, -0.1) is 10.2 Å². The lowest BCUT2D eigenvalue weighted by Gasteiger charge is -2.45. The van der Waals surface area contributed by atoms with Crippen molar-refractivity contribution in [3.63, 3.8) is 0 Å². The summed E-state index contributed by atoms with van der Waals surface area (Å²) in [4.78, 5) is 28.6. The van der Waals surface area contributed by atoms with Gasteiger partial charge in [0.25, 0.3) is 5.91 Å². The fourth-order valence-corrected chi connectivity index (χ4v) is 4.64. The molecule has 33 heavy (non-hydrogen) atoms. The van der Waals surface area contributed by atoms with E-state index in [9.17, 15) is 14.9 Å². The van der Waals surface area contributed by atoms with E-state index < -0.39 is 0 Å². The predicted molar refractivity (Wildman–Crippen MR) is 120 cm³/mol. The summed E-state index contributed by atoms with van der Waals surface area (Å²) in [5.74, 6) is 0.502. The van der Waals surface area contributed by atoms with Gasteiger partial charge in [-0.25, -0.2) is 4.98 Å². The molecular weight excluding hydrogens is 418 g/mol. The zero-order chi connectivity index (χ0) is 23.0. The number of aromatic nitrogens is 5. The Labute approximate surface area is 189 Å². The van der Waals surface area contributed by atoms with Crippen LogP contribution in [0.2, 0.25) is 0 Å². The van der Waals surface area contributed by atoms with Crippen molar-refractivity contribution in [3.8, 4) is 6.07 Å². The van der Waals surface area contributed by atoms with Gasteiger partial charge in [0.1, 0.15) is 17.8 Å². The van der Waals surface area contributed by atoms with Gasteiger partial charge in [-0.2, -0.15) is 5.26 Å². The van der Waals surface area contributed by atoms with Crippen molar-refractivity contribution in [2.24, 2.45) is 13.0 Å². The second-order valence-electron chi connectivity index (χ2n) is 8.55. The molecule has 9 nitrogen and oxygen atoms in total. The Hall–Kier alpha value is -4.32. The van der Waals surface area contributed by atoms with E-state index in [-0.39, 0.29) is 17.2 Å². The predicted octanol–water partition coefficient (Wildman–Crippen LogP) is 2.94. The Bertz CT molecular complexity index is 1410. The molecule has 0 atom stereocenters. The third-order valence-electron chi connectivity index (χ3n) is 6.38. The van der Waals surface area contributed by atoms with Gasteiger partial charge >= 0.3 is 0 Å². The lowest BCUT2D eigenvalue weighted by molar-refractivity contribution is 0.102. The first kappa shape index (κ1) is 20.6. The number of carbonyl (C=O) groups excluding carboxylic acids is 2. The third kappa shape index (κ3) is 3.65. The molecule has 1 aliphatic carbocycles. The van der Waals surface area contributed by atoms with E-state index in [0.29, 0.717) is 35.2 Å². The molecule has 3 aromatic heterocycles. The summed E-state index contributed by atoms with van der Waals surface area (Å²) in [5.41, 5.74) is 2.62. The van der Waals surface area contributed by atoms with Crippen LogP contribution in [-0.2, 0) is 18.9 Å². The number of imidazole rings is 1. The summed E-state index contributed by atoms with van der Waals surface area (Å²) in [6, 6.07) is 11.6. The van der Waals surface area contributed by atoms with E-state index in [1.165, 1.54) is 6.07 Å². The number of pyridine rings is 1. The maximum Gasteiger partial charge on any atom is 0.259 e. The van der Waals surface area contributed by atoms with Crippen LogP contribution in [0.5, 0.6) is 0 Å². The van der Waals surface area contributed by atoms with E-state index in [4.69, 9.17) is 0 Å². The van der Waals surface area contributed by atoms with Crippen molar-refractivity contribution < 1.29 is 9.59 Å². The average Bonchev–Trinajstić information content (AvgIpc) is 3.43. The number of nitrogens with one attached hydrogen (secondary N) is 1. The standard InChI is InChI=1S/C24H21N7O2/c1-30-15-27-29-21(30)11-24(9-17(10-24)12-25)18-3-2-4-19(8-18)28-23(33)20-7-16(14-32)13-31-6-5-26-22(20)31/h2-8,13-15,17H,9-11H2,1H3,(H,28,33). The van der Waals surface area contributed by atoms with Gasteiger partial charge < -0.3 is 14.3 Å². The van der Waals surface area contributed by atoms with E-state index in [1.54, 1.807) is 29.3 Å². The van der Waals surface area contributed by atoms with Crippen molar-refractivity contribution in [1.29, 1.82) is 5.26 Å². The molecule has 1 N–H and O–H groups in total. The van der Waals surface area contributed by atoms with Crippen LogP contribution in [0.4, 0.5) is 5.69 Å². The van der Waals surface area contributed by atoms with Gasteiger partial charge in [0.2, 0.25) is 0 Å². The molecule has 164 valence electrons. The van der Waals surface area contributed by atoms with Gasteiger partial charge in [0, 0.05) is 54.6 Å². The summed E-state index contributed by atoms with van der Waals surface area (Å²) in [6.07, 6.45) is 9.39. The Kier molecular flexibility index (Phi) is 4.98. The summed E-state index contributed by atoms with van der Waals surface area (Å²) in [7, 11) is 1.91. The summed E-state index contributed by atoms with van der Waals surface area (Å²) >= 11 is 0. The zero-order valence-corrected chi connectivity index (χ0v) is 18.0.